The van der Waals surface area contributed by atoms with Gasteiger partial charge in [-0.15, -0.1) is 0 Å². The lowest BCUT2D eigenvalue weighted by Gasteiger charge is -2.21. The number of carbonyl (C=O) groups excluding carboxylic acids is 3. The van der Waals surface area contributed by atoms with E-state index in [1.165, 1.54) is 77.0 Å². The number of carbonyl (C=O) groups is 3. The van der Waals surface area contributed by atoms with E-state index in [2.05, 4.69) is 69.4 Å². The van der Waals surface area contributed by atoms with E-state index in [0.717, 1.165) is 89.9 Å². The Labute approximate surface area is 390 Å². The van der Waals surface area contributed by atoms with Gasteiger partial charge in [0.1, 0.15) is 12.7 Å². The van der Waals surface area contributed by atoms with Gasteiger partial charge in [-0.2, -0.15) is 0 Å². The Balaban J connectivity index is 4.74. The average Bonchev–Trinajstić information content (AvgIpc) is 3.28. The van der Waals surface area contributed by atoms with Crippen LogP contribution in [0.5, 0.6) is 0 Å². The number of phosphoric acid groups is 1. The zero-order chi connectivity index (χ0) is 47.0. The fourth-order valence-corrected chi connectivity index (χ4v) is 7.66. The van der Waals surface area contributed by atoms with Crippen LogP contribution in [0.4, 0.5) is 0 Å². The van der Waals surface area contributed by atoms with Gasteiger partial charge in [0.15, 0.2) is 6.10 Å². The van der Waals surface area contributed by atoms with Crippen molar-refractivity contribution in [2.24, 2.45) is 0 Å². The molecule has 0 saturated carbocycles. The summed E-state index contributed by atoms with van der Waals surface area (Å²) in [4.78, 5) is 48.2. The third kappa shape index (κ3) is 44.6. The van der Waals surface area contributed by atoms with E-state index < -0.39 is 57.8 Å². The molecule has 11 nitrogen and oxygen atoms in total. The Hall–Kier alpha value is -2.56. The molecule has 0 saturated heterocycles. The van der Waals surface area contributed by atoms with Crippen LogP contribution in [-0.4, -0.2) is 66.5 Å². The Bertz CT molecular complexity index is 1260. The van der Waals surface area contributed by atoms with Crippen molar-refractivity contribution in [3.8, 4) is 0 Å². The maximum Gasteiger partial charge on any atom is 0.472 e. The average molecular weight is 925 g/mol. The fourth-order valence-electron chi connectivity index (χ4n) is 6.88. The molecular formula is C52H93O11P. The van der Waals surface area contributed by atoms with Gasteiger partial charge in [-0.05, 0) is 57.8 Å². The zero-order valence-electron chi connectivity index (χ0n) is 40.7. The molecule has 372 valence electrons. The number of aliphatic hydroxyl groups is 1. The van der Waals surface area contributed by atoms with Crippen molar-refractivity contribution in [1.29, 1.82) is 0 Å². The summed E-state index contributed by atoms with van der Waals surface area (Å²) in [6.07, 6.45) is 46.6. The molecule has 0 aromatic rings. The molecule has 3 atom stereocenters. The summed E-state index contributed by atoms with van der Waals surface area (Å²) < 4.78 is 39.2. The van der Waals surface area contributed by atoms with E-state index in [4.69, 9.17) is 23.3 Å². The first kappa shape index (κ1) is 61.4. The lowest BCUT2D eigenvalue weighted by atomic mass is 10.1. The van der Waals surface area contributed by atoms with Crippen molar-refractivity contribution in [2.45, 2.75) is 238 Å². The van der Waals surface area contributed by atoms with Crippen LogP contribution < -0.4 is 0 Å². The van der Waals surface area contributed by atoms with Crippen molar-refractivity contribution in [1.82, 2.24) is 0 Å². The van der Waals surface area contributed by atoms with E-state index >= 15 is 0 Å². The highest BCUT2D eigenvalue weighted by Crippen LogP contribution is 2.43. The Kier molecular flexibility index (Phi) is 45.1. The first-order chi connectivity index (χ1) is 31.2. The number of hydrogen-bond donors (Lipinski definition) is 2. The van der Waals surface area contributed by atoms with E-state index in [1.54, 1.807) is 0 Å². The lowest BCUT2D eigenvalue weighted by molar-refractivity contribution is -0.161. The van der Waals surface area contributed by atoms with Crippen LogP contribution in [0.15, 0.2) is 48.6 Å². The Morgan fingerprint density at radius 3 is 1.25 bits per heavy atom. The summed E-state index contributed by atoms with van der Waals surface area (Å²) >= 11 is 0. The number of aliphatic hydroxyl groups excluding tert-OH is 1. The SMILES string of the molecule is CC/C=C\C/C=C\C/C=C\C/C=C\CCCCCCC(=O)OC(COC(=O)CCCCCCCCCCC)COP(=O)(O)OCC(CO)OC(=O)CCCCCCCCCCCCC. The number of phosphoric ester groups is 1. The molecule has 12 heteroatoms. The smallest absolute Gasteiger partial charge is 0.462 e. The Morgan fingerprint density at radius 1 is 0.453 bits per heavy atom. The molecule has 0 heterocycles. The minimum atomic E-state index is -4.74. The molecule has 3 unspecified atom stereocenters. The van der Waals surface area contributed by atoms with Gasteiger partial charge in [0.05, 0.1) is 19.8 Å². The largest absolute Gasteiger partial charge is 0.472 e. The molecular weight excluding hydrogens is 832 g/mol. The number of ether oxygens (including phenoxy) is 3. The first-order valence-corrected chi connectivity index (χ1v) is 27.0. The van der Waals surface area contributed by atoms with Crippen LogP contribution in [-0.2, 0) is 42.2 Å². The molecule has 0 amide bonds. The predicted molar refractivity (Wildman–Crippen MR) is 261 cm³/mol. The molecule has 0 radical (unpaired) electrons. The number of unbranched alkanes of at least 4 members (excludes halogenated alkanes) is 22. The van der Waals surface area contributed by atoms with E-state index in [-0.39, 0.29) is 25.9 Å². The quantitative estimate of drug-likeness (QED) is 0.0197. The molecule has 0 spiro atoms. The van der Waals surface area contributed by atoms with Crippen LogP contribution in [0.25, 0.3) is 0 Å². The second-order valence-corrected chi connectivity index (χ2v) is 18.4. The van der Waals surface area contributed by atoms with Gasteiger partial charge >= 0.3 is 25.7 Å². The minimum Gasteiger partial charge on any atom is -0.462 e. The summed E-state index contributed by atoms with van der Waals surface area (Å²) in [6.45, 7) is 4.46. The number of rotatable bonds is 47. The second-order valence-electron chi connectivity index (χ2n) is 17.0. The van der Waals surface area contributed by atoms with Gasteiger partial charge in [0.25, 0.3) is 0 Å². The summed E-state index contributed by atoms with van der Waals surface area (Å²) in [6, 6.07) is 0. The topological polar surface area (TPSA) is 155 Å². The van der Waals surface area contributed by atoms with Crippen LogP contribution in [0, 0.1) is 0 Å². The molecule has 0 aliphatic rings. The molecule has 0 aromatic heterocycles. The predicted octanol–water partition coefficient (Wildman–Crippen LogP) is 14.2. The second kappa shape index (κ2) is 47.0. The van der Waals surface area contributed by atoms with Crippen molar-refractivity contribution in [3.05, 3.63) is 48.6 Å². The van der Waals surface area contributed by atoms with Crippen LogP contribution in [0.2, 0.25) is 0 Å². The van der Waals surface area contributed by atoms with E-state index in [9.17, 15) is 28.9 Å². The summed E-state index contributed by atoms with van der Waals surface area (Å²) in [5.41, 5.74) is 0. The first-order valence-electron chi connectivity index (χ1n) is 25.5. The normalized spacial score (nSPS) is 13.9. The molecule has 2 N–H and O–H groups in total. The Morgan fingerprint density at radius 2 is 0.812 bits per heavy atom. The van der Waals surface area contributed by atoms with Crippen LogP contribution >= 0.6 is 7.82 Å². The van der Waals surface area contributed by atoms with E-state index in [1.807, 2.05) is 0 Å². The zero-order valence-corrected chi connectivity index (χ0v) is 41.6. The van der Waals surface area contributed by atoms with Crippen molar-refractivity contribution < 1.29 is 52.2 Å². The third-order valence-corrected chi connectivity index (χ3v) is 11.7. The molecule has 0 bridgehead atoms. The number of allylic oxidation sites excluding steroid dienone is 8. The number of hydrogen-bond acceptors (Lipinski definition) is 10. The molecule has 0 fully saturated rings. The van der Waals surface area contributed by atoms with Crippen molar-refractivity contribution >= 4 is 25.7 Å². The summed E-state index contributed by atoms with van der Waals surface area (Å²) in [5, 5.41) is 9.75. The highest BCUT2D eigenvalue weighted by molar-refractivity contribution is 7.47. The monoisotopic (exact) mass is 925 g/mol. The van der Waals surface area contributed by atoms with Crippen molar-refractivity contribution in [2.75, 3.05) is 26.4 Å². The van der Waals surface area contributed by atoms with Gasteiger partial charge < -0.3 is 24.2 Å². The highest BCUT2D eigenvalue weighted by atomic mass is 31.2. The van der Waals surface area contributed by atoms with E-state index in [0.29, 0.717) is 19.3 Å². The summed E-state index contributed by atoms with van der Waals surface area (Å²) in [7, 11) is -4.74. The summed E-state index contributed by atoms with van der Waals surface area (Å²) in [5.74, 6) is -1.49. The van der Waals surface area contributed by atoms with Crippen molar-refractivity contribution in [3.63, 3.8) is 0 Å². The highest BCUT2D eigenvalue weighted by Gasteiger charge is 2.28. The standard InChI is InChI=1S/C52H93O11P/c1-4-7-10-13-16-19-21-22-23-24-25-26-28-31-34-37-40-43-52(56)63-49(45-59-50(54)41-38-35-32-29-18-15-12-9-6-3)47-61-64(57,58)60-46-48(44-53)62-51(55)42-39-36-33-30-27-20-17-14-11-8-5-2/h7,10,16,19,22-23,25-26,48-49,53H,4-6,8-9,11-15,17-18,20-21,24,27-47H2,1-3H3,(H,57,58)/b10-7-,19-16-,23-22-,26-25-. The molecule has 0 aliphatic heterocycles. The maximum atomic E-state index is 12.8. The fraction of sp³-hybridized carbons (Fsp3) is 0.788. The minimum absolute atomic E-state index is 0.142. The van der Waals surface area contributed by atoms with Crippen LogP contribution in [0.1, 0.15) is 226 Å². The molecule has 0 aromatic carbocycles. The third-order valence-electron chi connectivity index (χ3n) is 10.8. The maximum absolute atomic E-state index is 12.8. The van der Waals surface area contributed by atoms with Gasteiger partial charge in [-0.1, -0.05) is 198 Å². The van der Waals surface area contributed by atoms with Gasteiger partial charge in [-0.25, -0.2) is 4.57 Å². The van der Waals surface area contributed by atoms with Crippen LogP contribution in [0.3, 0.4) is 0 Å². The molecule has 64 heavy (non-hydrogen) atoms. The molecule has 0 aliphatic carbocycles. The number of esters is 3. The molecule has 0 rings (SSSR count). The lowest BCUT2D eigenvalue weighted by Crippen LogP contribution is -2.30. The van der Waals surface area contributed by atoms with Gasteiger partial charge in [-0.3, -0.25) is 23.4 Å². The van der Waals surface area contributed by atoms with Gasteiger partial charge in [0, 0.05) is 19.3 Å². The van der Waals surface area contributed by atoms with Gasteiger partial charge in [0.2, 0.25) is 0 Å².